The number of carbonyl (C=O) groups excluding carboxylic acids is 3. The number of alkyl halides is 2. The molecule has 0 spiro atoms. The molecule has 0 bridgehead atoms. The fraction of sp³-hybridized carbons (Fsp3) is 0.308. The van der Waals surface area contributed by atoms with Crippen molar-refractivity contribution >= 4 is 41.0 Å². The lowest BCUT2D eigenvalue weighted by Gasteiger charge is -2.08. The smallest absolute Gasteiger partial charge is 0.308 e. The summed E-state index contributed by atoms with van der Waals surface area (Å²) in [6, 6.07) is 6.19. The minimum absolute atomic E-state index is 0.199. The molecule has 1 aromatic rings. The summed E-state index contributed by atoms with van der Waals surface area (Å²) in [6.45, 7) is 1.68. The molecule has 0 saturated carbocycles. The third-order valence-corrected chi connectivity index (χ3v) is 2.66. The van der Waals surface area contributed by atoms with Gasteiger partial charge in [0, 0.05) is 25.6 Å². The van der Waals surface area contributed by atoms with Crippen LogP contribution in [0.15, 0.2) is 24.3 Å². The summed E-state index contributed by atoms with van der Waals surface area (Å²) in [5.74, 6) is -1.06. The highest BCUT2D eigenvalue weighted by Gasteiger charge is 2.11. The number of carbonyl (C=O) groups is 3. The fourth-order valence-corrected chi connectivity index (χ4v) is 1.56. The quantitative estimate of drug-likeness (QED) is 0.355. The molecule has 0 heterocycles. The topological polar surface area (TPSA) is 84.5 Å². The Labute approximate surface area is 131 Å². The van der Waals surface area contributed by atoms with Crippen molar-refractivity contribution in [2.75, 3.05) is 13.1 Å². The van der Waals surface area contributed by atoms with Crippen LogP contribution in [0.1, 0.15) is 17.3 Å². The van der Waals surface area contributed by atoms with Crippen LogP contribution < -0.4 is 15.4 Å². The first-order valence-electron chi connectivity index (χ1n) is 6.02. The van der Waals surface area contributed by atoms with Crippen LogP contribution in [-0.4, -0.2) is 35.7 Å². The second-order valence-corrected chi connectivity index (χ2v) is 5.07. The van der Waals surface area contributed by atoms with Crippen molar-refractivity contribution in [2.45, 2.75) is 11.8 Å². The highest BCUT2D eigenvalue weighted by Crippen LogP contribution is 2.13. The Morgan fingerprint density at radius 2 is 1.86 bits per heavy atom. The van der Waals surface area contributed by atoms with Gasteiger partial charge in [-0.2, -0.15) is 0 Å². The number of amides is 2. The lowest BCUT2D eigenvalue weighted by atomic mass is 10.2. The first kappa shape index (κ1) is 17.3. The Morgan fingerprint density at radius 1 is 1.19 bits per heavy atom. The molecule has 1 rings (SSSR count). The molecule has 6 nitrogen and oxygen atoms in total. The average Bonchev–Trinajstić information content (AvgIpc) is 2.42. The molecule has 0 aromatic heterocycles. The molecule has 2 N–H and O–H groups in total. The predicted octanol–water partition coefficient (Wildman–Crippen LogP) is 1.26. The van der Waals surface area contributed by atoms with Gasteiger partial charge in [-0.05, 0) is 18.2 Å². The lowest BCUT2D eigenvalue weighted by molar-refractivity contribution is -0.131. The Bertz CT molecular complexity index is 535. The van der Waals surface area contributed by atoms with E-state index in [2.05, 4.69) is 10.6 Å². The van der Waals surface area contributed by atoms with E-state index in [4.69, 9.17) is 27.9 Å². The van der Waals surface area contributed by atoms with Crippen molar-refractivity contribution in [1.29, 1.82) is 0 Å². The number of halogens is 2. The van der Waals surface area contributed by atoms with Crippen molar-refractivity contribution < 1.29 is 19.1 Å². The summed E-state index contributed by atoms with van der Waals surface area (Å²) < 4.78 is 4.88. The number of hydrogen-bond acceptors (Lipinski definition) is 4. The van der Waals surface area contributed by atoms with Crippen LogP contribution in [0.5, 0.6) is 5.75 Å². The van der Waals surface area contributed by atoms with E-state index in [9.17, 15) is 14.4 Å². The molecular formula is C13H14Cl2N2O4. The SMILES string of the molecule is CC(=O)Oc1cccc(C(=O)NCCNC(=O)C(Cl)Cl)c1. The molecule has 8 heteroatoms. The molecule has 0 saturated heterocycles. The summed E-state index contributed by atoms with van der Waals surface area (Å²) in [6.07, 6.45) is 0. The highest BCUT2D eigenvalue weighted by atomic mass is 35.5. The van der Waals surface area contributed by atoms with Crippen molar-refractivity contribution in [1.82, 2.24) is 10.6 Å². The Hall–Kier alpha value is -1.79. The van der Waals surface area contributed by atoms with E-state index >= 15 is 0 Å². The zero-order valence-electron chi connectivity index (χ0n) is 11.2. The van der Waals surface area contributed by atoms with E-state index in [1.165, 1.54) is 13.0 Å². The normalized spacial score (nSPS) is 10.1. The summed E-state index contributed by atoms with van der Waals surface area (Å²) >= 11 is 10.7. The van der Waals surface area contributed by atoms with Gasteiger partial charge < -0.3 is 15.4 Å². The Morgan fingerprint density at radius 3 is 2.48 bits per heavy atom. The fourth-order valence-electron chi connectivity index (χ4n) is 1.41. The van der Waals surface area contributed by atoms with Crippen LogP contribution >= 0.6 is 23.2 Å². The monoisotopic (exact) mass is 332 g/mol. The van der Waals surface area contributed by atoms with Gasteiger partial charge in [-0.1, -0.05) is 29.3 Å². The van der Waals surface area contributed by atoms with E-state index in [0.717, 1.165) is 0 Å². The van der Waals surface area contributed by atoms with Crippen molar-refractivity contribution in [3.8, 4) is 5.75 Å². The molecule has 0 aliphatic heterocycles. The molecule has 0 aliphatic rings. The van der Waals surface area contributed by atoms with E-state index in [1.807, 2.05) is 0 Å². The van der Waals surface area contributed by atoms with Crippen LogP contribution in [0.4, 0.5) is 0 Å². The highest BCUT2D eigenvalue weighted by molar-refractivity contribution is 6.53. The van der Waals surface area contributed by atoms with E-state index in [-0.39, 0.29) is 24.7 Å². The minimum Gasteiger partial charge on any atom is -0.427 e. The van der Waals surface area contributed by atoms with Gasteiger partial charge in [0.2, 0.25) is 0 Å². The Kier molecular flexibility index (Phi) is 6.98. The first-order valence-corrected chi connectivity index (χ1v) is 6.90. The number of rotatable bonds is 6. The molecule has 0 fully saturated rings. The average molecular weight is 333 g/mol. The maximum Gasteiger partial charge on any atom is 0.308 e. The molecule has 21 heavy (non-hydrogen) atoms. The number of ether oxygens (including phenoxy) is 1. The second-order valence-electron chi connectivity index (χ2n) is 3.97. The summed E-state index contributed by atoms with van der Waals surface area (Å²) in [5.41, 5.74) is 0.340. The Balaban J connectivity index is 2.45. The van der Waals surface area contributed by atoms with E-state index in [0.29, 0.717) is 5.56 Å². The standard InChI is InChI=1S/C13H14Cl2N2O4/c1-8(18)21-10-4-2-3-9(7-10)12(19)16-5-6-17-13(20)11(14)15/h2-4,7,11H,5-6H2,1H3,(H,16,19)(H,17,20). The molecule has 1 aromatic carbocycles. The number of nitrogens with one attached hydrogen (secondary N) is 2. The second kappa shape index (κ2) is 8.49. The lowest BCUT2D eigenvalue weighted by Crippen LogP contribution is -2.36. The van der Waals surface area contributed by atoms with Crippen LogP contribution in [-0.2, 0) is 9.59 Å². The van der Waals surface area contributed by atoms with Crippen LogP contribution in [0.2, 0.25) is 0 Å². The van der Waals surface area contributed by atoms with E-state index < -0.39 is 16.7 Å². The molecule has 0 radical (unpaired) electrons. The maximum atomic E-state index is 11.8. The first-order chi connectivity index (χ1) is 9.90. The minimum atomic E-state index is -1.14. The molecule has 114 valence electrons. The number of esters is 1. The van der Waals surface area contributed by atoms with Gasteiger partial charge in [-0.25, -0.2) is 0 Å². The maximum absolute atomic E-state index is 11.8. The van der Waals surface area contributed by atoms with Gasteiger partial charge in [-0.15, -0.1) is 0 Å². The van der Waals surface area contributed by atoms with Gasteiger partial charge in [0.05, 0.1) is 0 Å². The molecular weight excluding hydrogens is 319 g/mol. The summed E-state index contributed by atoms with van der Waals surface area (Å²) in [4.78, 5) is 32.6. The van der Waals surface area contributed by atoms with Crippen LogP contribution in [0.25, 0.3) is 0 Å². The van der Waals surface area contributed by atoms with Crippen molar-refractivity contribution in [3.63, 3.8) is 0 Å². The zero-order valence-corrected chi connectivity index (χ0v) is 12.7. The van der Waals surface area contributed by atoms with Gasteiger partial charge in [-0.3, -0.25) is 14.4 Å². The third kappa shape index (κ3) is 6.46. The van der Waals surface area contributed by atoms with Gasteiger partial charge in [0.1, 0.15) is 5.75 Å². The number of benzene rings is 1. The van der Waals surface area contributed by atoms with Crippen LogP contribution in [0, 0.1) is 0 Å². The summed E-state index contributed by atoms with van der Waals surface area (Å²) in [5, 5.41) is 5.03. The predicted molar refractivity (Wildman–Crippen MR) is 78.6 cm³/mol. The third-order valence-electron chi connectivity index (χ3n) is 2.27. The van der Waals surface area contributed by atoms with Crippen molar-refractivity contribution in [3.05, 3.63) is 29.8 Å². The number of hydrogen-bond donors (Lipinski definition) is 2. The molecule has 2 amide bonds. The van der Waals surface area contributed by atoms with Gasteiger partial charge in [0.25, 0.3) is 11.8 Å². The van der Waals surface area contributed by atoms with Gasteiger partial charge in [0.15, 0.2) is 4.84 Å². The van der Waals surface area contributed by atoms with Crippen LogP contribution in [0.3, 0.4) is 0 Å². The summed E-state index contributed by atoms with van der Waals surface area (Å²) in [7, 11) is 0. The largest absolute Gasteiger partial charge is 0.427 e. The van der Waals surface area contributed by atoms with E-state index in [1.54, 1.807) is 18.2 Å². The molecule has 0 atom stereocenters. The van der Waals surface area contributed by atoms with Gasteiger partial charge >= 0.3 is 5.97 Å². The molecule has 0 unspecified atom stereocenters. The van der Waals surface area contributed by atoms with Crippen molar-refractivity contribution in [2.24, 2.45) is 0 Å². The zero-order chi connectivity index (χ0) is 15.8. The molecule has 0 aliphatic carbocycles.